The first kappa shape index (κ1) is 11.3. The van der Waals surface area contributed by atoms with Crippen molar-refractivity contribution >= 4 is 16.3 Å². The van der Waals surface area contributed by atoms with Gasteiger partial charge in [0.15, 0.2) is 5.82 Å². The van der Waals surface area contributed by atoms with Crippen molar-refractivity contribution < 1.29 is 0 Å². The van der Waals surface area contributed by atoms with E-state index in [1.54, 1.807) is 15.9 Å². The number of benzene rings is 1. The van der Waals surface area contributed by atoms with Crippen LogP contribution in [-0.2, 0) is 0 Å². The Balaban J connectivity index is 2.11. The van der Waals surface area contributed by atoms with Crippen molar-refractivity contribution in [1.82, 2.24) is 19.8 Å². The number of rotatable bonds is 3. The third-order valence-electron chi connectivity index (χ3n) is 2.81. The van der Waals surface area contributed by atoms with E-state index in [9.17, 15) is 0 Å². The summed E-state index contributed by atoms with van der Waals surface area (Å²) >= 11 is 1.54. The van der Waals surface area contributed by atoms with Crippen LogP contribution in [0.4, 0.5) is 0 Å². The molecule has 6 heteroatoms. The minimum absolute atomic E-state index is 0.250. The summed E-state index contributed by atoms with van der Waals surface area (Å²) in [6.07, 6.45) is 0. The van der Waals surface area contributed by atoms with Gasteiger partial charge in [0.2, 0.25) is 4.96 Å². The highest BCUT2D eigenvalue weighted by molar-refractivity contribution is 7.16. The Morgan fingerprint density at radius 3 is 2.78 bits per heavy atom. The van der Waals surface area contributed by atoms with E-state index in [-0.39, 0.29) is 5.92 Å². The lowest BCUT2D eigenvalue weighted by Crippen LogP contribution is -2.09. The van der Waals surface area contributed by atoms with Crippen molar-refractivity contribution in [3.05, 3.63) is 35.3 Å². The molecule has 0 aliphatic rings. The molecule has 1 aromatic carbocycles. The van der Waals surface area contributed by atoms with Crippen molar-refractivity contribution in [1.29, 1.82) is 0 Å². The molecule has 2 aromatic heterocycles. The molecule has 0 bridgehead atoms. The monoisotopic (exact) mass is 259 g/mol. The standard InChI is InChI=1S/C12H13N5S/c1-8(7-13)11-16-17-10(14-15-12(17)18-11)9-5-3-2-4-6-9/h2-6,8H,7,13H2,1H3. The van der Waals surface area contributed by atoms with Crippen LogP contribution in [0.25, 0.3) is 16.3 Å². The van der Waals surface area contributed by atoms with Crippen LogP contribution < -0.4 is 5.73 Å². The first-order valence-electron chi connectivity index (χ1n) is 5.77. The fourth-order valence-electron chi connectivity index (χ4n) is 1.70. The van der Waals surface area contributed by atoms with Crippen molar-refractivity contribution in [2.45, 2.75) is 12.8 Å². The van der Waals surface area contributed by atoms with E-state index in [2.05, 4.69) is 22.2 Å². The zero-order valence-corrected chi connectivity index (χ0v) is 10.8. The van der Waals surface area contributed by atoms with Gasteiger partial charge in [-0.3, -0.25) is 0 Å². The molecule has 0 radical (unpaired) electrons. The van der Waals surface area contributed by atoms with E-state index in [1.165, 1.54) is 0 Å². The zero-order chi connectivity index (χ0) is 12.5. The van der Waals surface area contributed by atoms with Crippen LogP contribution in [0.5, 0.6) is 0 Å². The Morgan fingerprint density at radius 1 is 1.28 bits per heavy atom. The quantitative estimate of drug-likeness (QED) is 0.780. The second-order valence-electron chi connectivity index (χ2n) is 4.16. The molecule has 18 heavy (non-hydrogen) atoms. The van der Waals surface area contributed by atoms with Crippen LogP contribution in [-0.4, -0.2) is 26.4 Å². The second kappa shape index (κ2) is 4.47. The lowest BCUT2D eigenvalue weighted by Gasteiger charge is -2.01. The summed E-state index contributed by atoms with van der Waals surface area (Å²) in [5.41, 5.74) is 6.68. The first-order chi connectivity index (χ1) is 8.79. The molecule has 0 aliphatic heterocycles. The summed E-state index contributed by atoms with van der Waals surface area (Å²) in [6.45, 7) is 2.65. The average molecular weight is 259 g/mol. The number of hydrogen-bond donors (Lipinski definition) is 1. The number of fused-ring (bicyclic) bond motifs is 1. The number of nitrogens with zero attached hydrogens (tertiary/aromatic N) is 4. The van der Waals surface area contributed by atoms with Crippen LogP contribution >= 0.6 is 11.3 Å². The lowest BCUT2D eigenvalue weighted by molar-refractivity contribution is 0.740. The molecule has 1 unspecified atom stereocenters. The van der Waals surface area contributed by atoms with Crippen molar-refractivity contribution in [2.24, 2.45) is 5.73 Å². The van der Waals surface area contributed by atoms with Gasteiger partial charge in [-0.1, -0.05) is 48.6 Å². The highest BCUT2D eigenvalue weighted by Crippen LogP contribution is 2.24. The predicted octanol–water partition coefficient (Wildman–Crippen LogP) is 1.92. The molecule has 2 N–H and O–H groups in total. The Kier molecular flexibility index (Phi) is 2.81. The summed E-state index contributed by atoms with van der Waals surface area (Å²) in [5.74, 6) is 1.03. The molecule has 92 valence electrons. The summed E-state index contributed by atoms with van der Waals surface area (Å²) in [5, 5.41) is 13.9. The Bertz CT molecular complexity index is 657. The fraction of sp³-hybridized carbons (Fsp3) is 0.250. The molecular formula is C12H13N5S. The molecule has 0 saturated carbocycles. The topological polar surface area (TPSA) is 69.1 Å². The second-order valence-corrected chi connectivity index (χ2v) is 5.15. The molecule has 3 rings (SSSR count). The maximum absolute atomic E-state index is 5.67. The van der Waals surface area contributed by atoms with Crippen molar-refractivity contribution in [3.8, 4) is 11.4 Å². The van der Waals surface area contributed by atoms with Crippen molar-refractivity contribution in [3.63, 3.8) is 0 Å². The van der Waals surface area contributed by atoms with Gasteiger partial charge in [0.25, 0.3) is 0 Å². The third-order valence-corrected chi connectivity index (χ3v) is 3.94. The minimum Gasteiger partial charge on any atom is -0.330 e. The molecule has 0 aliphatic carbocycles. The predicted molar refractivity (Wildman–Crippen MR) is 71.6 cm³/mol. The van der Waals surface area contributed by atoms with Crippen LogP contribution in [0.2, 0.25) is 0 Å². The van der Waals surface area contributed by atoms with E-state index >= 15 is 0 Å². The number of hydrogen-bond acceptors (Lipinski definition) is 5. The van der Waals surface area contributed by atoms with Gasteiger partial charge in [-0.05, 0) is 0 Å². The van der Waals surface area contributed by atoms with Gasteiger partial charge in [-0.15, -0.1) is 10.2 Å². The van der Waals surface area contributed by atoms with E-state index in [0.717, 1.165) is 21.4 Å². The summed E-state index contributed by atoms with van der Waals surface area (Å²) in [7, 11) is 0. The molecule has 0 saturated heterocycles. The summed E-state index contributed by atoms with van der Waals surface area (Å²) < 4.78 is 1.79. The van der Waals surface area contributed by atoms with Gasteiger partial charge in [-0.2, -0.15) is 9.61 Å². The van der Waals surface area contributed by atoms with Crippen molar-refractivity contribution in [2.75, 3.05) is 6.54 Å². The normalized spacial score (nSPS) is 13.0. The van der Waals surface area contributed by atoms with E-state index in [4.69, 9.17) is 5.73 Å². The molecule has 0 spiro atoms. The smallest absolute Gasteiger partial charge is 0.234 e. The SMILES string of the molecule is CC(CN)c1nn2c(-c3ccccc3)nnc2s1. The molecule has 0 amide bonds. The van der Waals surface area contributed by atoms with Crippen LogP contribution in [0.3, 0.4) is 0 Å². The molecule has 1 atom stereocenters. The van der Waals surface area contributed by atoms with Gasteiger partial charge in [-0.25, -0.2) is 0 Å². The maximum Gasteiger partial charge on any atom is 0.234 e. The van der Waals surface area contributed by atoms with Crippen LogP contribution in [0, 0.1) is 0 Å². The Labute approximate surface area is 108 Å². The number of aromatic nitrogens is 4. The molecule has 5 nitrogen and oxygen atoms in total. The maximum atomic E-state index is 5.67. The van der Waals surface area contributed by atoms with E-state index in [0.29, 0.717) is 6.54 Å². The van der Waals surface area contributed by atoms with Gasteiger partial charge in [0.05, 0.1) is 0 Å². The summed E-state index contributed by atoms with van der Waals surface area (Å²) in [6, 6.07) is 9.94. The van der Waals surface area contributed by atoms with Crippen LogP contribution in [0.1, 0.15) is 17.8 Å². The van der Waals surface area contributed by atoms with Gasteiger partial charge in [0.1, 0.15) is 5.01 Å². The molecule has 2 heterocycles. The van der Waals surface area contributed by atoms with Gasteiger partial charge >= 0.3 is 0 Å². The average Bonchev–Trinajstić information content (AvgIpc) is 2.98. The first-order valence-corrected chi connectivity index (χ1v) is 6.59. The number of nitrogens with two attached hydrogens (primary N) is 1. The van der Waals surface area contributed by atoms with E-state index < -0.39 is 0 Å². The van der Waals surface area contributed by atoms with E-state index in [1.807, 2.05) is 30.3 Å². The summed E-state index contributed by atoms with van der Waals surface area (Å²) in [4.78, 5) is 0.809. The molecule has 0 fully saturated rings. The Morgan fingerprint density at radius 2 is 2.06 bits per heavy atom. The highest BCUT2D eigenvalue weighted by Gasteiger charge is 2.15. The largest absolute Gasteiger partial charge is 0.330 e. The Hall–Kier alpha value is -1.79. The molecular weight excluding hydrogens is 246 g/mol. The zero-order valence-electron chi connectivity index (χ0n) is 9.95. The van der Waals surface area contributed by atoms with Gasteiger partial charge in [0, 0.05) is 18.0 Å². The third kappa shape index (κ3) is 1.79. The van der Waals surface area contributed by atoms with Crippen LogP contribution in [0.15, 0.2) is 30.3 Å². The fourth-order valence-corrected chi connectivity index (χ4v) is 2.60. The lowest BCUT2D eigenvalue weighted by atomic mass is 10.2. The molecule has 3 aromatic rings. The highest BCUT2D eigenvalue weighted by atomic mass is 32.1. The van der Waals surface area contributed by atoms with Gasteiger partial charge < -0.3 is 5.73 Å². The minimum atomic E-state index is 0.250.